The third kappa shape index (κ3) is 4.08. The fourth-order valence-corrected chi connectivity index (χ4v) is 3.05. The summed E-state index contributed by atoms with van der Waals surface area (Å²) in [5.41, 5.74) is -0.966. The summed E-state index contributed by atoms with van der Waals surface area (Å²) in [4.78, 5) is 14.9. The molecule has 1 unspecified atom stereocenters. The van der Waals surface area contributed by atoms with Gasteiger partial charge in [-0.05, 0) is 25.8 Å². The number of hydrogen-bond donors (Lipinski definition) is 2. The molecule has 0 aromatic carbocycles. The van der Waals surface area contributed by atoms with E-state index in [1.807, 2.05) is 4.90 Å². The number of piperazine rings is 1. The Morgan fingerprint density at radius 3 is 1.95 bits per heavy atom. The fourth-order valence-electron chi connectivity index (χ4n) is 3.05. The smallest absolute Gasteiger partial charge is 0.401 e. The van der Waals surface area contributed by atoms with Crippen molar-refractivity contribution in [2.75, 3.05) is 46.3 Å². The SMILES string of the molecule is CNC(CN1CCN(CC(F)(F)F)CC1)(C(=O)O)C1CC1. The summed E-state index contributed by atoms with van der Waals surface area (Å²) < 4.78 is 37.0. The Labute approximate surface area is 122 Å². The third-order valence-electron chi connectivity index (χ3n) is 4.44. The van der Waals surface area contributed by atoms with Gasteiger partial charge in [-0.25, -0.2) is 0 Å². The lowest BCUT2D eigenvalue weighted by molar-refractivity contribution is -0.151. The number of nitrogens with one attached hydrogen (secondary N) is 1. The minimum Gasteiger partial charge on any atom is -0.480 e. The van der Waals surface area contributed by atoms with Crippen LogP contribution in [0.15, 0.2) is 0 Å². The largest absolute Gasteiger partial charge is 0.480 e. The van der Waals surface area contributed by atoms with Crippen LogP contribution in [0.2, 0.25) is 0 Å². The van der Waals surface area contributed by atoms with E-state index < -0.39 is 24.2 Å². The lowest BCUT2D eigenvalue weighted by atomic mass is 9.92. The Bertz CT molecular complexity index is 379. The highest BCUT2D eigenvalue weighted by Gasteiger charge is 2.51. The molecule has 0 radical (unpaired) electrons. The van der Waals surface area contributed by atoms with Crippen molar-refractivity contribution in [3.8, 4) is 0 Å². The summed E-state index contributed by atoms with van der Waals surface area (Å²) >= 11 is 0. The Hall–Kier alpha value is -0.860. The predicted octanol–water partition coefficient (Wildman–Crippen LogP) is 0.619. The van der Waals surface area contributed by atoms with E-state index in [2.05, 4.69) is 5.32 Å². The van der Waals surface area contributed by atoms with E-state index in [0.717, 1.165) is 12.8 Å². The highest BCUT2D eigenvalue weighted by atomic mass is 19.4. The molecule has 1 atom stereocenters. The van der Waals surface area contributed by atoms with Crippen molar-refractivity contribution in [2.24, 2.45) is 5.92 Å². The van der Waals surface area contributed by atoms with Crippen LogP contribution in [0.1, 0.15) is 12.8 Å². The number of aliphatic carboxylic acids is 1. The number of likely N-dealkylation sites (N-methyl/N-ethyl adjacent to an activating group) is 1. The van der Waals surface area contributed by atoms with Gasteiger partial charge in [-0.1, -0.05) is 0 Å². The summed E-state index contributed by atoms with van der Waals surface area (Å²) in [7, 11) is 1.65. The van der Waals surface area contributed by atoms with E-state index in [-0.39, 0.29) is 5.92 Å². The van der Waals surface area contributed by atoms with Crippen LogP contribution < -0.4 is 5.32 Å². The molecule has 0 aromatic rings. The topological polar surface area (TPSA) is 55.8 Å². The van der Waals surface area contributed by atoms with E-state index in [9.17, 15) is 23.1 Å². The molecule has 2 aliphatic rings. The van der Waals surface area contributed by atoms with Crippen LogP contribution in [0, 0.1) is 5.92 Å². The van der Waals surface area contributed by atoms with Crippen LogP contribution in [-0.2, 0) is 4.79 Å². The van der Waals surface area contributed by atoms with E-state index in [1.165, 1.54) is 4.90 Å². The number of carbonyl (C=O) groups is 1. The summed E-state index contributed by atoms with van der Waals surface area (Å²) in [6.07, 6.45) is -2.39. The number of halogens is 3. The number of nitrogens with zero attached hydrogens (tertiary/aromatic N) is 2. The molecule has 1 heterocycles. The Kier molecular flexibility index (Phi) is 4.79. The zero-order valence-corrected chi connectivity index (χ0v) is 12.1. The average molecular weight is 309 g/mol. The Morgan fingerprint density at radius 1 is 1.14 bits per heavy atom. The first-order valence-electron chi connectivity index (χ1n) is 7.20. The van der Waals surface area contributed by atoms with Gasteiger partial charge in [0.25, 0.3) is 0 Å². The summed E-state index contributed by atoms with van der Waals surface area (Å²) in [6.45, 7) is 1.05. The molecule has 8 heteroatoms. The van der Waals surface area contributed by atoms with E-state index in [1.54, 1.807) is 7.05 Å². The van der Waals surface area contributed by atoms with E-state index >= 15 is 0 Å². The van der Waals surface area contributed by atoms with Gasteiger partial charge in [-0.3, -0.25) is 14.6 Å². The molecule has 1 saturated carbocycles. The molecule has 122 valence electrons. The van der Waals surface area contributed by atoms with Crippen molar-refractivity contribution in [3.63, 3.8) is 0 Å². The first kappa shape index (κ1) is 16.5. The van der Waals surface area contributed by atoms with Crippen molar-refractivity contribution < 1.29 is 23.1 Å². The minimum atomic E-state index is -4.17. The number of hydrogen-bond acceptors (Lipinski definition) is 4. The van der Waals surface area contributed by atoms with Crippen LogP contribution >= 0.6 is 0 Å². The molecule has 2 N–H and O–H groups in total. The lowest BCUT2D eigenvalue weighted by Crippen LogP contribution is -2.62. The van der Waals surface area contributed by atoms with Gasteiger partial charge in [0.2, 0.25) is 0 Å². The number of carboxylic acid groups (broad SMARTS) is 1. The van der Waals surface area contributed by atoms with Gasteiger partial charge < -0.3 is 10.4 Å². The van der Waals surface area contributed by atoms with Crippen LogP contribution in [-0.4, -0.2) is 78.9 Å². The van der Waals surface area contributed by atoms with Crippen molar-refractivity contribution in [1.82, 2.24) is 15.1 Å². The van der Waals surface area contributed by atoms with Gasteiger partial charge in [0.05, 0.1) is 6.54 Å². The van der Waals surface area contributed by atoms with Crippen LogP contribution in [0.3, 0.4) is 0 Å². The van der Waals surface area contributed by atoms with E-state index in [4.69, 9.17) is 0 Å². The maximum Gasteiger partial charge on any atom is 0.401 e. The van der Waals surface area contributed by atoms with E-state index in [0.29, 0.717) is 32.7 Å². The molecule has 0 aromatic heterocycles. The first-order chi connectivity index (χ1) is 9.77. The second-order valence-electron chi connectivity index (χ2n) is 5.97. The summed E-state index contributed by atoms with van der Waals surface area (Å²) in [6, 6.07) is 0. The molecular formula is C13H22F3N3O2. The van der Waals surface area contributed by atoms with Crippen molar-refractivity contribution >= 4 is 5.97 Å². The van der Waals surface area contributed by atoms with Crippen LogP contribution in [0.5, 0.6) is 0 Å². The zero-order chi connectivity index (χ0) is 15.7. The average Bonchev–Trinajstić information content (AvgIpc) is 3.20. The zero-order valence-electron chi connectivity index (χ0n) is 12.1. The molecule has 2 rings (SSSR count). The molecule has 0 bridgehead atoms. The molecule has 1 aliphatic carbocycles. The number of rotatable bonds is 6. The normalized spacial score (nSPS) is 24.8. The highest BCUT2D eigenvalue weighted by Crippen LogP contribution is 2.40. The quantitative estimate of drug-likeness (QED) is 0.753. The first-order valence-corrected chi connectivity index (χ1v) is 7.20. The summed E-state index contributed by atoms with van der Waals surface area (Å²) in [5, 5.41) is 12.5. The van der Waals surface area contributed by atoms with Gasteiger partial charge in [0.1, 0.15) is 5.54 Å². The van der Waals surface area contributed by atoms with Crippen LogP contribution in [0.4, 0.5) is 13.2 Å². The third-order valence-corrected chi connectivity index (χ3v) is 4.44. The lowest BCUT2D eigenvalue weighted by Gasteiger charge is -2.40. The molecular weight excluding hydrogens is 287 g/mol. The standard InChI is InChI=1S/C13H22F3N3O2/c1-17-12(11(20)21,10-2-3-10)8-18-4-6-19(7-5-18)9-13(14,15)16/h10,17H,2-9H2,1H3,(H,20,21). The molecule has 1 saturated heterocycles. The number of alkyl halides is 3. The Balaban J connectivity index is 1.88. The molecule has 2 fully saturated rings. The minimum absolute atomic E-state index is 0.119. The van der Waals surface area contributed by atoms with Crippen molar-refractivity contribution in [3.05, 3.63) is 0 Å². The van der Waals surface area contributed by atoms with Gasteiger partial charge in [0.15, 0.2) is 0 Å². The van der Waals surface area contributed by atoms with Crippen molar-refractivity contribution in [2.45, 2.75) is 24.6 Å². The van der Waals surface area contributed by atoms with Gasteiger partial charge in [-0.15, -0.1) is 0 Å². The fraction of sp³-hybridized carbons (Fsp3) is 0.923. The highest BCUT2D eigenvalue weighted by molar-refractivity contribution is 5.80. The molecule has 5 nitrogen and oxygen atoms in total. The Morgan fingerprint density at radius 2 is 1.62 bits per heavy atom. The molecule has 0 spiro atoms. The molecule has 1 aliphatic heterocycles. The second kappa shape index (κ2) is 6.10. The second-order valence-corrected chi connectivity index (χ2v) is 5.97. The maximum atomic E-state index is 12.3. The predicted molar refractivity (Wildman–Crippen MR) is 71.1 cm³/mol. The van der Waals surface area contributed by atoms with Gasteiger partial charge >= 0.3 is 12.1 Å². The molecule has 21 heavy (non-hydrogen) atoms. The summed E-state index contributed by atoms with van der Waals surface area (Å²) in [5.74, 6) is -0.751. The van der Waals surface area contributed by atoms with Gasteiger partial charge in [0, 0.05) is 32.7 Å². The molecule has 0 amide bonds. The maximum absolute atomic E-state index is 12.3. The monoisotopic (exact) mass is 309 g/mol. The van der Waals surface area contributed by atoms with Gasteiger partial charge in [-0.2, -0.15) is 13.2 Å². The number of carboxylic acids is 1. The van der Waals surface area contributed by atoms with Crippen LogP contribution in [0.25, 0.3) is 0 Å². The van der Waals surface area contributed by atoms with Crippen molar-refractivity contribution in [1.29, 1.82) is 0 Å².